The molecule has 0 bridgehead atoms. The maximum absolute atomic E-state index is 4.42. The Hall–Kier alpha value is -0.830. The van der Waals surface area contributed by atoms with Gasteiger partial charge >= 0.3 is 0 Å². The van der Waals surface area contributed by atoms with Gasteiger partial charge in [-0.05, 0) is 18.9 Å². The van der Waals surface area contributed by atoms with Crippen molar-refractivity contribution in [2.75, 3.05) is 6.54 Å². The first-order valence-electron chi connectivity index (χ1n) is 5.89. The topological polar surface area (TPSA) is 29.9 Å². The molecule has 0 aromatic carbocycles. The number of nitrogens with one attached hydrogen (secondary N) is 1. The standard InChI is InChI=1S/C12H23N3/c1-5-10(3)9-11(13-6-2)12-14-7-8-15(12)4/h7-8,10-11,13H,5-6,9H2,1-4H3. The summed E-state index contributed by atoms with van der Waals surface area (Å²) >= 11 is 0. The Balaban J connectivity index is 2.69. The Labute approximate surface area is 92.9 Å². The molecule has 0 fully saturated rings. The molecule has 0 aliphatic rings. The van der Waals surface area contributed by atoms with Gasteiger partial charge in [-0.3, -0.25) is 0 Å². The minimum atomic E-state index is 0.393. The average molecular weight is 209 g/mol. The van der Waals surface area contributed by atoms with Gasteiger partial charge in [0.05, 0.1) is 6.04 Å². The van der Waals surface area contributed by atoms with E-state index in [-0.39, 0.29) is 0 Å². The number of nitrogens with zero attached hydrogens (tertiary/aromatic N) is 2. The fourth-order valence-corrected chi connectivity index (χ4v) is 1.81. The van der Waals surface area contributed by atoms with E-state index >= 15 is 0 Å². The van der Waals surface area contributed by atoms with Gasteiger partial charge in [0.15, 0.2) is 0 Å². The highest BCUT2D eigenvalue weighted by atomic mass is 15.1. The second-order valence-corrected chi connectivity index (χ2v) is 4.26. The fourth-order valence-electron chi connectivity index (χ4n) is 1.81. The Kier molecular flexibility index (Phi) is 4.82. The second kappa shape index (κ2) is 5.91. The van der Waals surface area contributed by atoms with E-state index in [1.165, 1.54) is 6.42 Å². The molecular formula is C12H23N3. The van der Waals surface area contributed by atoms with Crippen molar-refractivity contribution in [1.29, 1.82) is 0 Å². The lowest BCUT2D eigenvalue weighted by Crippen LogP contribution is -2.25. The van der Waals surface area contributed by atoms with Gasteiger partial charge in [-0.1, -0.05) is 27.2 Å². The molecule has 0 spiro atoms. The summed E-state index contributed by atoms with van der Waals surface area (Å²) in [6, 6.07) is 0.393. The van der Waals surface area contributed by atoms with Gasteiger partial charge in [-0.15, -0.1) is 0 Å². The van der Waals surface area contributed by atoms with Crippen LogP contribution < -0.4 is 5.32 Å². The molecule has 1 rings (SSSR count). The third-order valence-electron chi connectivity index (χ3n) is 2.96. The lowest BCUT2D eigenvalue weighted by molar-refractivity contribution is 0.389. The molecule has 3 heteroatoms. The van der Waals surface area contributed by atoms with Crippen LogP contribution in [0, 0.1) is 5.92 Å². The van der Waals surface area contributed by atoms with Crippen molar-refractivity contribution in [3.05, 3.63) is 18.2 Å². The van der Waals surface area contributed by atoms with Gasteiger partial charge in [-0.2, -0.15) is 0 Å². The van der Waals surface area contributed by atoms with E-state index in [0.717, 1.165) is 24.7 Å². The molecule has 1 N–H and O–H groups in total. The largest absolute Gasteiger partial charge is 0.337 e. The lowest BCUT2D eigenvalue weighted by atomic mass is 9.99. The summed E-state index contributed by atoms with van der Waals surface area (Å²) in [5, 5.41) is 3.51. The van der Waals surface area contributed by atoms with E-state index in [9.17, 15) is 0 Å². The lowest BCUT2D eigenvalue weighted by Gasteiger charge is -2.20. The highest BCUT2D eigenvalue weighted by molar-refractivity contribution is 4.98. The third kappa shape index (κ3) is 3.34. The first kappa shape index (κ1) is 12.2. The summed E-state index contributed by atoms with van der Waals surface area (Å²) in [6.07, 6.45) is 6.27. The zero-order chi connectivity index (χ0) is 11.3. The monoisotopic (exact) mass is 209 g/mol. The average Bonchev–Trinajstić information content (AvgIpc) is 2.63. The van der Waals surface area contributed by atoms with Crippen LogP contribution in [0.15, 0.2) is 12.4 Å². The summed E-state index contributed by atoms with van der Waals surface area (Å²) in [4.78, 5) is 4.42. The molecule has 0 saturated carbocycles. The minimum Gasteiger partial charge on any atom is -0.337 e. The summed E-state index contributed by atoms with van der Waals surface area (Å²) in [7, 11) is 2.06. The molecule has 1 aromatic rings. The van der Waals surface area contributed by atoms with Crippen molar-refractivity contribution in [2.24, 2.45) is 13.0 Å². The van der Waals surface area contributed by atoms with Gasteiger partial charge in [0, 0.05) is 19.4 Å². The molecule has 0 saturated heterocycles. The summed E-state index contributed by atoms with van der Waals surface area (Å²) in [6.45, 7) is 7.68. The van der Waals surface area contributed by atoms with Crippen molar-refractivity contribution in [3.63, 3.8) is 0 Å². The third-order valence-corrected chi connectivity index (χ3v) is 2.96. The van der Waals surface area contributed by atoms with Crippen LogP contribution in [0.4, 0.5) is 0 Å². The second-order valence-electron chi connectivity index (χ2n) is 4.26. The van der Waals surface area contributed by atoms with Gasteiger partial charge in [-0.25, -0.2) is 4.98 Å². The van der Waals surface area contributed by atoms with E-state index in [4.69, 9.17) is 0 Å². The smallest absolute Gasteiger partial charge is 0.125 e. The number of rotatable bonds is 6. The molecule has 1 aromatic heterocycles. The van der Waals surface area contributed by atoms with E-state index in [2.05, 4.69) is 42.7 Å². The fraction of sp³-hybridized carbons (Fsp3) is 0.750. The van der Waals surface area contributed by atoms with Crippen molar-refractivity contribution >= 4 is 0 Å². The first-order chi connectivity index (χ1) is 7.19. The Morgan fingerprint density at radius 3 is 2.67 bits per heavy atom. The van der Waals surface area contributed by atoms with Crippen LogP contribution in [0.3, 0.4) is 0 Å². The van der Waals surface area contributed by atoms with Gasteiger partial charge in [0.2, 0.25) is 0 Å². The molecular weight excluding hydrogens is 186 g/mol. The maximum atomic E-state index is 4.42. The summed E-state index contributed by atoms with van der Waals surface area (Å²) in [5.41, 5.74) is 0. The summed E-state index contributed by atoms with van der Waals surface area (Å²) in [5.74, 6) is 1.89. The highest BCUT2D eigenvalue weighted by Gasteiger charge is 2.16. The molecule has 15 heavy (non-hydrogen) atoms. The number of hydrogen-bond donors (Lipinski definition) is 1. The van der Waals surface area contributed by atoms with Crippen molar-refractivity contribution < 1.29 is 0 Å². The minimum absolute atomic E-state index is 0.393. The van der Waals surface area contributed by atoms with Crippen LogP contribution in [-0.2, 0) is 7.05 Å². The molecule has 3 nitrogen and oxygen atoms in total. The predicted molar refractivity (Wildman–Crippen MR) is 63.7 cm³/mol. The van der Waals surface area contributed by atoms with Crippen LogP contribution in [0.2, 0.25) is 0 Å². The Bertz CT molecular complexity index is 280. The quantitative estimate of drug-likeness (QED) is 0.780. The molecule has 2 atom stereocenters. The summed E-state index contributed by atoms with van der Waals surface area (Å²) < 4.78 is 2.11. The van der Waals surface area contributed by atoms with Crippen LogP contribution in [0.5, 0.6) is 0 Å². The molecule has 0 aliphatic carbocycles. The van der Waals surface area contributed by atoms with Crippen molar-refractivity contribution in [2.45, 2.75) is 39.7 Å². The van der Waals surface area contributed by atoms with E-state index in [1.54, 1.807) is 0 Å². The maximum Gasteiger partial charge on any atom is 0.125 e. The van der Waals surface area contributed by atoms with E-state index < -0.39 is 0 Å². The normalized spacial score (nSPS) is 15.2. The predicted octanol–water partition coefficient (Wildman–Crippen LogP) is 2.51. The van der Waals surface area contributed by atoms with Gasteiger partial charge in [0.1, 0.15) is 5.82 Å². The van der Waals surface area contributed by atoms with Crippen LogP contribution in [0.1, 0.15) is 45.5 Å². The first-order valence-corrected chi connectivity index (χ1v) is 5.89. The zero-order valence-corrected chi connectivity index (χ0v) is 10.3. The molecule has 0 aliphatic heterocycles. The number of imidazole rings is 1. The van der Waals surface area contributed by atoms with E-state index in [0.29, 0.717) is 6.04 Å². The highest BCUT2D eigenvalue weighted by Crippen LogP contribution is 2.21. The number of aromatic nitrogens is 2. The molecule has 86 valence electrons. The van der Waals surface area contributed by atoms with Crippen LogP contribution in [-0.4, -0.2) is 16.1 Å². The van der Waals surface area contributed by atoms with Gasteiger partial charge in [0.25, 0.3) is 0 Å². The van der Waals surface area contributed by atoms with E-state index in [1.807, 2.05) is 12.4 Å². The molecule has 0 radical (unpaired) electrons. The SMILES string of the molecule is CCNC(CC(C)CC)c1nccn1C. The number of aryl methyl sites for hydroxylation is 1. The van der Waals surface area contributed by atoms with Crippen LogP contribution in [0.25, 0.3) is 0 Å². The Morgan fingerprint density at radius 2 is 2.20 bits per heavy atom. The van der Waals surface area contributed by atoms with Gasteiger partial charge < -0.3 is 9.88 Å². The molecule has 2 unspecified atom stereocenters. The van der Waals surface area contributed by atoms with Crippen molar-refractivity contribution in [3.8, 4) is 0 Å². The van der Waals surface area contributed by atoms with Crippen LogP contribution >= 0.6 is 0 Å². The zero-order valence-electron chi connectivity index (χ0n) is 10.3. The number of hydrogen-bond acceptors (Lipinski definition) is 2. The Morgan fingerprint density at radius 1 is 1.47 bits per heavy atom. The van der Waals surface area contributed by atoms with Crippen molar-refractivity contribution in [1.82, 2.24) is 14.9 Å². The molecule has 0 amide bonds. The molecule has 1 heterocycles.